The minimum atomic E-state index is -1.04. The van der Waals surface area contributed by atoms with E-state index in [1.807, 2.05) is 48.6 Å². The molecule has 4 rings (SSSR count). The molecule has 1 heterocycles. The molecule has 1 aliphatic carbocycles. The third-order valence-electron chi connectivity index (χ3n) is 5.95. The lowest BCUT2D eigenvalue weighted by Crippen LogP contribution is -2.43. The summed E-state index contributed by atoms with van der Waals surface area (Å²) in [6.07, 6.45) is 11.2. The van der Waals surface area contributed by atoms with Crippen LogP contribution in [0.5, 0.6) is 0 Å². The number of carbonyl (C=O) groups is 2. The van der Waals surface area contributed by atoms with Crippen molar-refractivity contribution in [2.45, 2.75) is 18.5 Å². The molecule has 3 unspecified atom stereocenters. The molecule has 7 nitrogen and oxygen atoms in total. The number of fused-ring (bicyclic) bond motifs is 1. The largest absolute Gasteiger partial charge is 0.458 e. The minimum absolute atomic E-state index is 0.0628. The van der Waals surface area contributed by atoms with Crippen molar-refractivity contribution in [2.24, 2.45) is 10.9 Å². The van der Waals surface area contributed by atoms with E-state index in [-0.39, 0.29) is 30.5 Å². The Hall–Kier alpha value is -4.23. The van der Waals surface area contributed by atoms with Crippen LogP contribution in [0.4, 0.5) is 0 Å². The normalized spacial score (nSPS) is 17.5. The lowest BCUT2D eigenvalue weighted by molar-refractivity contribution is -0.144. The van der Waals surface area contributed by atoms with Gasteiger partial charge in [0.25, 0.3) is 5.91 Å². The van der Waals surface area contributed by atoms with Crippen molar-refractivity contribution in [3.05, 3.63) is 118 Å². The number of aromatic nitrogens is 1. The number of carbonyl (C=O) groups excluding carboxylic acids is 2. The molecule has 1 aliphatic rings. The van der Waals surface area contributed by atoms with E-state index in [2.05, 4.69) is 21.9 Å². The van der Waals surface area contributed by atoms with Gasteiger partial charge in [0, 0.05) is 46.1 Å². The fourth-order valence-electron chi connectivity index (χ4n) is 4.07. The molecule has 8 heteroatoms. The van der Waals surface area contributed by atoms with E-state index in [1.54, 1.807) is 30.3 Å². The first kappa shape index (κ1) is 25.9. The second kappa shape index (κ2) is 12.1. The highest BCUT2D eigenvalue weighted by Gasteiger charge is 2.24. The van der Waals surface area contributed by atoms with Crippen LogP contribution >= 0.6 is 11.6 Å². The van der Waals surface area contributed by atoms with Crippen molar-refractivity contribution < 1.29 is 14.3 Å². The minimum Gasteiger partial charge on any atom is -0.458 e. The second-order valence-corrected chi connectivity index (χ2v) is 8.91. The van der Waals surface area contributed by atoms with E-state index in [9.17, 15) is 14.4 Å². The van der Waals surface area contributed by atoms with E-state index < -0.39 is 17.9 Å². The third-order valence-corrected chi connectivity index (χ3v) is 6.21. The number of pyridine rings is 1. The molecule has 0 fully saturated rings. The Bertz CT molecular complexity index is 1440. The van der Waals surface area contributed by atoms with Crippen LogP contribution in [0.1, 0.15) is 15.9 Å². The van der Waals surface area contributed by atoms with E-state index in [0.717, 1.165) is 5.39 Å². The summed E-state index contributed by atoms with van der Waals surface area (Å²) in [5, 5.41) is 4.01. The molecule has 1 aromatic heterocycles. The summed E-state index contributed by atoms with van der Waals surface area (Å²) in [5.74, 6) is -1.04. The number of rotatable bonds is 9. The van der Waals surface area contributed by atoms with Gasteiger partial charge in [0.2, 0.25) is 5.56 Å². The molecule has 1 amide bonds. The number of ether oxygens (including phenoxy) is 1. The maximum Gasteiger partial charge on any atom is 0.329 e. The maximum absolute atomic E-state index is 13.1. The molecular weight excluding hydrogens is 490 g/mol. The number of aliphatic imine (C=N–C) groups is 1. The zero-order valence-electron chi connectivity index (χ0n) is 20.0. The summed E-state index contributed by atoms with van der Waals surface area (Å²) >= 11 is 5.93. The highest BCUT2D eigenvalue weighted by molar-refractivity contribution is 6.30. The SMILES string of the molecule is C=CC1C=CC=CC1N=CCOC(=O)C(Cc1cc(=O)[nH]c2ccccc12)NC(=O)c1ccc(Cl)cc1. The number of esters is 1. The molecule has 0 bridgehead atoms. The van der Waals surface area contributed by atoms with Gasteiger partial charge in [-0.25, -0.2) is 4.79 Å². The highest BCUT2D eigenvalue weighted by Crippen LogP contribution is 2.18. The van der Waals surface area contributed by atoms with Crippen LogP contribution in [0.15, 0.2) is 101 Å². The smallest absolute Gasteiger partial charge is 0.329 e. The first-order valence-corrected chi connectivity index (χ1v) is 12.2. The predicted molar refractivity (Wildman–Crippen MR) is 146 cm³/mol. The Morgan fingerprint density at radius 1 is 1.14 bits per heavy atom. The van der Waals surface area contributed by atoms with Crippen molar-refractivity contribution >= 4 is 40.6 Å². The first-order chi connectivity index (χ1) is 17.9. The molecule has 188 valence electrons. The Balaban J connectivity index is 1.52. The van der Waals surface area contributed by atoms with Crippen LogP contribution in [0.2, 0.25) is 5.02 Å². The van der Waals surface area contributed by atoms with Crippen molar-refractivity contribution in [3.63, 3.8) is 0 Å². The first-order valence-electron chi connectivity index (χ1n) is 11.8. The Labute approximate surface area is 219 Å². The van der Waals surface area contributed by atoms with Gasteiger partial charge in [-0.15, -0.1) is 6.58 Å². The summed E-state index contributed by atoms with van der Waals surface area (Å²) in [4.78, 5) is 45.5. The van der Waals surface area contributed by atoms with Gasteiger partial charge in [-0.05, 0) is 35.9 Å². The van der Waals surface area contributed by atoms with Crippen LogP contribution in [0, 0.1) is 5.92 Å². The van der Waals surface area contributed by atoms with E-state index in [0.29, 0.717) is 21.7 Å². The molecule has 37 heavy (non-hydrogen) atoms. The quantitative estimate of drug-likeness (QED) is 0.250. The molecule has 0 radical (unpaired) electrons. The maximum atomic E-state index is 13.1. The van der Waals surface area contributed by atoms with Gasteiger partial charge >= 0.3 is 5.97 Å². The van der Waals surface area contributed by atoms with Gasteiger partial charge in [0.05, 0.1) is 6.04 Å². The van der Waals surface area contributed by atoms with Crippen molar-refractivity contribution in [2.75, 3.05) is 6.61 Å². The molecule has 2 N–H and O–H groups in total. The number of halogens is 1. The lowest BCUT2D eigenvalue weighted by Gasteiger charge is -2.19. The monoisotopic (exact) mass is 515 g/mol. The van der Waals surface area contributed by atoms with Gasteiger partial charge in [-0.3, -0.25) is 14.6 Å². The number of nitrogens with one attached hydrogen (secondary N) is 2. The van der Waals surface area contributed by atoms with Gasteiger partial charge in [0.15, 0.2) is 0 Å². The second-order valence-electron chi connectivity index (χ2n) is 8.48. The van der Waals surface area contributed by atoms with Crippen molar-refractivity contribution in [1.82, 2.24) is 10.3 Å². The van der Waals surface area contributed by atoms with Crippen molar-refractivity contribution in [3.8, 4) is 0 Å². The van der Waals surface area contributed by atoms with Gasteiger partial charge in [-0.2, -0.15) is 0 Å². The molecule has 0 saturated heterocycles. The average Bonchev–Trinajstić information content (AvgIpc) is 2.91. The average molecular weight is 516 g/mol. The fraction of sp³-hybridized carbons (Fsp3) is 0.172. The molecule has 0 aliphatic heterocycles. The Morgan fingerprint density at radius 3 is 2.68 bits per heavy atom. The van der Waals surface area contributed by atoms with Crippen LogP contribution in [0.25, 0.3) is 10.9 Å². The molecule has 3 aromatic rings. The summed E-state index contributed by atoms with van der Waals surface area (Å²) in [7, 11) is 0. The molecule has 0 saturated carbocycles. The number of benzene rings is 2. The molecule has 0 spiro atoms. The number of hydrogen-bond donors (Lipinski definition) is 2. The lowest BCUT2D eigenvalue weighted by atomic mass is 9.96. The fourth-order valence-corrected chi connectivity index (χ4v) is 4.19. The molecular formula is C29H26ClN3O4. The number of amides is 1. The number of allylic oxidation sites excluding steroid dienone is 2. The molecule has 2 aromatic carbocycles. The standard InChI is InChI=1S/C29H26ClN3O4/c1-2-19-7-3-5-9-24(19)31-15-16-37-29(36)26(33-28(35)20-11-13-22(30)14-12-20)17-21-18-27(34)32-25-10-6-4-8-23(21)25/h2-15,18-19,24,26H,1,16-17H2,(H,32,34)(H,33,35). The number of para-hydroxylation sites is 1. The van der Waals surface area contributed by atoms with Gasteiger partial charge < -0.3 is 15.0 Å². The van der Waals surface area contributed by atoms with E-state index >= 15 is 0 Å². The Kier molecular flexibility index (Phi) is 8.48. The van der Waals surface area contributed by atoms with E-state index in [1.165, 1.54) is 12.3 Å². The number of hydrogen-bond acceptors (Lipinski definition) is 5. The van der Waals surface area contributed by atoms with Crippen LogP contribution in [0.3, 0.4) is 0 Å². The third kappa shape index (κ3) is 6.71. The van der Waals surface area contributed by atoms with Crippen molar-refractivity contribution in [1.29, 1.82) is 0 Å². The summed E-state index contributed by atoms with van der Waals surface area (Å²) < 4.78 is 5.46. The van der Waals surface area contributed by atoms with E-state index in [4.69, 9.17) is 16.3 Å². The van der Waals surface area contributed by atoms with Crippen LogP contribution in [-0.2, 0) is 16.0 Å². The van der Waals surface area contributed by atoms with Crippen LogP contribution in [-0.4, -0.2) is 41.8 Å². The Morgan fingerprint density at radius 2 is 1.89 bits per heavy atom. The number of aromatic amines is 1. The van der Waals surface area contributed by atoms with Gasteiger partial charge in [0.1, 0.15) is 12.6 Å². The summed E-state index contributed by atoms with van der Waals surface area (Å²) in [6.45, 7) is 3.75. The zero-order chi connectivity index (χ0) is 26.2. The number of nitrogens with zero attached hydrogens (tertiary/aromatic N) is 1. The summed E-state index contributed by atoms with van der Waals surface area (Å²) in [5.41, 5.74) is 1.29. The predicted octanol–water partition coefficient (Wildman–Crippen LogP) is 4.43. The topological polar surface area (TPSA) is 101 Å². The summed E-state index contributed by atoms with van der Waals surface area (Å²) in [6, 6.07) is 13.9. The van der Waals surface area contributed by atoms with Gasteiger partial charge in [-0.1, -0.05) is 60.2 Å². The van der Waals surface area contributed by atoms with Crippen LogP contribution < -0.4 is 10.9 Å². The highest BCUT2D eigenvalue weighted by atomic mass is 35.5. The number of H-pyrrole nitrogens is 1. The molecule has 3 atom stereocenters. The zero-order valence-corrected chi connectivity index (χ0v) is 20.7.